The van der Waals surface area contributed by atoms with E-state index in [-0.39, 0.29) is 11.5 Å². The van der Waals surface area contributed by atoms with Gasteiger partial charge in [-0.3, -0.25) is 9.78 Å². The number of carbonyl (C=O) groups excluding carboxylic acids is 1. The van der Waals surface area contributed by atoms with Crippen molar-refractivity contribution in [2.24, 2.45) is 0 Å². The number of carboxylic acids is 1. The predicted octanol–water partition coefficient (Wildman–Crippen LogP) is 1.73. The van der Waals surface area contributed by atoms with Crippen LogP contribution in [0.25, 0.3) is 6.08 Å². The minimum Gasteiger partial charge on any atom is -0.478 e. The van der Waals surface area contributed by atoms with Gasteiger partial charge in [0.05, 0.1) is 0 Å². The molecule has 0 aliphatic rings. The maximum absolute atomic E-state index is 12.1. The van der Waals surface area contributed by atoms with Gasteiger partial charge in [-0.25, -0.2) is 4.79 Å². The van der Waals surface area contributed by atoms with Crippen molar-refractivity contribution in [1.29, 1.82) is 0 Å². The summed E-state index contributed by atoms with van der Waals surface area (Å²) >= 11 is 0. The van der Waals surface area contributed by atoms with Gasteiger partial charge in [-0.15, -0.1) is 0 Å². The molecule has 0 saturated carbocycles. The molecule has 0 aliphatic carbocycles. The third kappa shape index (κ3) is 3.29. The molecule has 0 unspecified atom stereocenters. The van der Waals surface area contributed by atoms with E-state index in [4.69, 9.17) is 9.63 Å². The molecule has 0 radical (unpaired) electrons. The molecule has 7 nitrogen and oxygen atoms in total. The Labute approximate surface area is 113 Å². The normalized spacial score (nSPS) is 10.7. The lowest BCUT2D eigenvalue weighted by Crippen LogP contribution is -2.15. The van der Waals surface area contributed by atoms with Crippen LogP contribution in [0.2, 0.25) is 0 Å². The molecule has 2 aromatic heterocycles. The molecular formula is C13H11N3O4. The first-order valence-electron chi connectivity index (χ1n) is 5.67. The van der Waals surface area contributed by atoms with E-state index in [1.807, 2.05) is 0 Å². The Morgan fingerprint density at radius 2 is 2.25 bits per heavy atom. The van der Waals surface area contributed by atoms with E-state index in [1.54, 1.807) is 25.1 Å². The maximum Gasteiger partial charge on any atom is 0.328 e. The van der Waals surface area contributed by atoms with Gasteiger partial charge < -0.3 is 14.9 Å². The van der Waals surface area contributed by atoms with Gasteiger partial charge in [-0.2, -0.15) is 0 Å². The molecule has 1 amide bonds. The Kier molecular flexibility index (Phi) is 3.90. The van der Waals surface area contributed by atoms with Crippen molar-refractivity contribution in [3.63, 3.8) is 0 Å². The summed E-state index contributed by atoms with van der Waals surface area (Å²) in [5, 5.41) is 14.8. The highest BCUT2D eigenvalue weighted by Crippen LogP contribution is 2.12. The first-order valence-corrected chi connectivity index (χ1v) is 5.67. The van der Waals surface area contributed by atoms with Crippen molar-refractivity contribution in [3.8, 4) is 0 Å². The molecule has 0 fully saturated rings. The predicted molar refractivity (Wildman–Crippen MR) is 70.1 cm³/mol. The Bertz CT molecular complexity index is 676. The molecule has 2 rings (SSSR count). The lowest BCUT2D eigenvalue weighted by molar-refractivity contribution is -0.131. The van der Waals surface area contributed by atoms with Crippen molar-refractivity contribution in [2.45, 2.75) is 6.92 Å². The van der Waals surface area contributed by atoms with Crippen LogP contribution in [0, 0.1) is 6.92 Å². The van der Waals surface area contributed by atoms with Gasteiger partial charge in [0.15, 0.2) is 5.82 Å². The number of pyridine rings is 1. The standard InChI is InChI=1S/C13H11N3O4/c1-8-7-10(16-20-8)15-13(19)12-9(3-2-6-14-12)4-5-11(17)18/h2-7H,1H3,(H,17,18)(H,15,16,19)/b5-4+. The topological polar surface area (TPSA) is 105 Å². The third-order valence-corrected chi connectivity index (χ3v) is 2.33. The Morgan fingerprint density at radius 3 is 2.90 bits per heavy atom. The SMILES string of the molecule is Cc1cc(NC(=O)c2ncccc2/C=C/C(=O)O)no1. The zero-order chi connectivity index (χ0) is 14.5. The van der Waals surface area contributed by atoms with E-state index in [9.17, 15) is 9.59 Å². The number of nitrogens with zero attached hydrogens (tertiary/aromatic N) is 2. The highest BCUT2D eigenvalue weighted by atomic mass is 16.5. The summed E-state index contributed by atoms with van der Waals surface area (Å²) in [4.78, 5) is 26.5. The molecule has 0 atom stereocenters. The number of anilines is 1. The molecule has 2 N–H and O–H groups in total. The van der Waals surface area contributed by atoms with E-state index >= 15 is 0 Å². The maximum atomic E-state index is 12.1. The summed E-state index contributed by atoms with van der Waals surface area (Å²) in [5.74, 6) is -0.769. The van der Waals surface area contributed by atoms with Gasteiger partial charge in [0.1, 0.15) is 11.5 Å². The average Bonchev–Trinajstić information content (AvgIpc) is 2.82. The van der Waals surface area contributed by atoms with Crippen LogP contribution in [0.5, 0.6) is 0 Å². The molecule has 20 heavy (non-hydrogen) atoms. The molecule has 102 valence electrons. The highest BCUT2D eigenvalue weighted by molar-refractivity contribution is 6.05. The third-order valence-electron chi connectivity index (χ3n) is 2.33. The van der Waals surface area contributed by atoms with E-state index in [2.05, 4.69) is 15.5 Å². The van der Waals surface area contributed by atoms with Crippen molar-refractivity contribution >= 4 is 23.8 Å². The largest absolute Gasteiger partial charge is 0.478 e. The van der Waals surface area contributed by atoms with Gasteiger partial charge in [0.25, 0.3) is 5.91 Å². The monoisotopic (exact) mass is 273 g/mol. The number of aromatic nitrogens is 2. The molecular weight excluding hydrogens is 262 g/mol. The molecule has 0 aromatic carbocycles. The number of nitrogens with one attached hydrogen (secondary N) is 1. The van der Waals surface area contributed by atoms with Gasteiger partial charge in [0, 0.05) is 23.9 Å². The Balaban J connectivity index is 2.23. The molecule has 0 saturated heterocycles. The molecule has 7 heteroatoms. The smallest absolute Gasteiger partial charge is 0.328 e. The number of amides is 1. The van der Waals surface area contributed by atoms with Gasteiger partial charge in [-0.05, 0) is 19.1 Å². The summed E-state index contributed by atoms with van der Waals surface area (Å²) in [6.07, 6.45) is 3.69. The van der Waals surface area contributed by atoms with Crippen LogP contribution < -0.4 is 5.32 Å². The summed E-state index contributed by atoms with van der Waals surface area (Å²) in [6, 6.07) is 4.77. The average molecular weight is 273 g/mol. The van der Waals surface area contributed by atoms with Crippen molar-refractivity contribution in [3.05, 3.63) is 47.5 Å². The number of rotatable bonds is 4. The fraction of sp³-hybridized carbons (Fsp3) is 0.0769. The van der Waals surface area contributed by atoms with Crippen molar-refractivity contribution in [1.82, 2.24) is 10.1 Å². The second kappa shape index (κ2) is 5.79. The van der Waals surface area contributed by atoms with E-state index in [0.29, 0.717) is 11.3 Å². The minimum absolute atomic E-state index is 0.102. The number of hydrogen-bond donors (Lipinski definition) is 2. The first kappa shape index (κ1) is 13.5. The fourth-order valence-corrected chi connectivity index (χ4v) is 1.50. The first-order chi connectivity index (χ1) is 9.56. The van der Waals surface area contributed by atoms with Crippen LogP contribution in [0.4, 0.5) is 5.82 Å². The second-order valence-corrected chi connectivity index (χ2v) is 3.89. The van der Waals surface area contributed by atoms with Crippen LogP contribution in [-0.2, 0) is 4.79 Å². The summed E-state index contributed by atoms with van der Waals surface area (Å²) in [7, 11) is 0. The molecule has 2 heterocycles. The zero-order valence-corrected chi connectivity index (χ0v) is 10.5. The van der Waals surface area contributed by atoms with Crippen LogP contribution in [0.3, 0.4) is 0 Å². The summed E-state index contributed by atoms with van der Waals surface area (Å²) in [6.45, 7) is 1.70. The molecule has 2 aromatic rings. The molecule has 0 aliphatic heterocycles. The number of hydrogen-bond acceptors (Lipinski definition) is 5. The Morgan fingerprint density at radius 1 is 1.45 bits per heavy atom. The number of carbonyl (C=O) groups is 2. The van der Waals surface area contributed by atoms with Gasteiger partial charge in [0.2, 0.25) is 0 Å². The summed E-state index contributed by atoms with van der Waals surface area (Å²) in [5.41, 5.74) is 0.498. The van der Waals surface area contributed by atoms with E-state index < -0.39 is 11.9 Å². The van der Waals surface area contributed by atoms with E-state index in [0.717, 1.165) is 6.08 Å². The quantitative estimate of drug-likeness (QED) is 0.822. The van der Waals surface area contributed by atoms with Crippen molar-refractivity contribution < 1.29 is 19.2 Å². The minimum atomic E-state index is -1.10. The number of aliphatic carboxylic acids is 1. The summed E-state index contributed by atoms with van der Waals surface area (Å²) < 4.78 is 4.83. The Hall–Kier alpha value is -2.96. The molecule has 0 spiro atoms. The van der Waals surface area contributed by atoms with Gasteiger partial charge >= 0.3 is 5.97 Å². The van der Waals surface area contributed by atoms with E-state index in [1.165, 1.54) is 12.3 Å². The highest BCUT2D eigenvalue weighted by Gasteiger charge is 2.13. The second-order valence-electron chi connectivity index (χ2n) is 3.89. The van der Waals surface area contributed by atoms with Crippen LogP contribution in [-0.4, -0.2) is 27.1 Å². The zero-order valence-electron chi connectivity index (χ0n) is 10.5. The van der Waals surface area contributed by atoms with Crippen molar-refractivity contribution in [2.75, 3.05) is 5.32 Å². The number of carboxylic acid groups (broad SMARTS) is 1. The van der Waals surface area contributed by atoms with Crippen LogP contribution in [0.15, 0.2) is 35.0 Å². The van der Waals surface area contributed by atoms with Gasteiger partial charge in [-0.1, -0.05) is 11.2 Å². The van der Waals surface area contributed by atoms with Crippen LogP contribution >= 0.6 is 0 Å². The molecule has 0 bridgehead atoms. The van der Waals surface area contributed by atoms with Crippen LogP contribution in [0.1, 0.15) is 21.8 Å². The lowest BCUT2D eigenvalue weighted by atomic mass is 10.1. The number of aryl methyl sites for hydroxylation is 1. The fourth-order valence-electron chi connectivity index (χ4n) is 1.50. The lowest BCUT2D eigenvalue weighted by Gasteiger charge is -2.03.